The van der Waals surface area contributed by atoms with E-state index in [1.165, 1.54) is 0 Å². The monoisotopic (exact) mass is 251 g/mol. The standard InChI is InChI=1S/C12H11F2N3O/c13-11(14)3-4-12(18)17-8-1-2-9-10(7-8)16-6-5-15-9/h1-2,5-7,11H,3-4H2,(H,17,18). The topological polar surface area (TPSA) is 54.9 Å². The van der Waals surface area contributed by atoms with Crippen LogP contribution in [-0.2, 0) is 4.79 Å². The molecule has 0 bridgehead atoms. The number of fused-ring (bicyclic) bond motifs is 1. The van der Waals surface area contributed by atoms with Crippen LogP contribution in [-0.4, -0.2) is 22.3 Å². The van der Waals surface area contributed by atoms with Crippen molar-refractivity contribution in [3.05, 3.63) is 30.6 Å². The summed E-state index contributed by atoms with van der Waals surface area (Å²) in [5.74, 6) is -0.432. The molecular weight excluding hydrogens is 240 g/mol. The number of aromatic nitrogens is 2. The van der Waals surface area contributed by atoms with Gasteiger partial charge in [0.1, 0.15) is 0 Å². The molecule has 0 radical (unpaired) electrons. The number of halogens is 2. The zero-order chi connectivity index (χ0) is 13.0. The minimum atomic E-state index is -2.46. The zero-order valence-electron chi connectivity index (χ0n) is 9.44. The molecule has 0 fully saturated rings. The summed E-state index contributed by atoms with van der Waals surface area (Å²) in [5.41, 5.74) is 1.88. The van der Waals surface area contributed by atoms with Gasteiger partial charge in [-0.15, -0.1) is 0 Å². The molecule has 6 heteroatoms. The van der Waals surface area contributed by atoms with E-state index in [1.54, 1.807) is 30.6 Å². The van der Waals surface area contributed by atoms with E-state index in [-0.39, 0.29) is 6.42 Å². The van der Waals surface area contributed by atoms with E-state index in [2.05, 4.69) is 15.3 Å². The van der Waals surface area contributed by atoms with Crippen LogP contribution >= 0.6 is 0 Å². The second-order valence-corrected chi connectivity index (χ2v) is 3.74. The fourth-order valence-electron chi connectivity index (χ4n) is 1.50. The molecule has 2 rings (SSSR count). The molecule has 0 atom stereocenters. The SMILES string of the molecule is O=C(CCC(F)F)Nc1ccc2nccnc2c1. The van der Waals surface area contributed by atoms with Gasteiger partial charge in [-0.3, -0.25) is 14.8 Å². The van der Waals surface area contributed by atoms with Crippen molar-refractivity contribution in [2.75, 3.05) is 5.32 Å². The third-order valence-electron chi connectivity index (χ3n) is 2.34. The van der Waals surface area contributed by atoms with Crippen molar-refractivity contribution in [1.29, 1.82) is 0 Å². The van der Waals surface area contributed by atoms with Gasteiger partial charge >= 0.3 is 0 Å². The first kappa shape index (κ1) is 12.3. The zero-order valence-corrected chi connectivity index (χ0v) is 9.44. The number of benzene rings is 1. The Kier molecular flexibility index (Phi) is 3.76. The van der Waals surface area contributed by atoms with E-state index in [4.69, 9.17) is 0 Å². The Balaban J connectivity index is 2.05. The van der Waals surface area contributed by atoms with Gasteiger partial charge in [-0.05, 0) is 18.2 Å². The minimum absolute atomic E-state index is 0.198. The van der Waals surface area contributed by atoms with Crippen molar-refractivity contribution in [2.24, 2.45) is 0 Å². The second-order valence-electron chi connectivity index (χ2n) is 3.74. The first-order valence-corrected chi connectivity index (χ1v) is 5.44. The number of anilines is 1. The molecular formula is C12H11F2N3O. The number of hydrogen-bond acceptors (Lipinski definition) is 3. The molecule has 0 saturated heterocycles. The molecule has 0 aliphatic carbocycles. The van der Waals surface area contributed by atoms with E-state index < -0.39 is 18.8 Å². The summed E-state index contributed by atoms with van der Waals surface area (Å²) in [6.07, 6.45) is 0.0295. The molecule has 1 N–H and O–H groups in total. The molecule has 0 unspecified atom stereocenters. The lowest BCUT2D eigenvalue weighted by Crippen LogP contribution is -2.12. The molecule has 4 nitrogen and oxygen atoms in total. The highest BCUT2D eigenvalue weighted by atomic mass is 19.3. The average molecular weight is 251 g/mol. The van der Waals surface area contributed by atoms with Crippen molar-refractivity contribution in [3.8, 4) is 0 Å². The lowest BCUT2D eigenvalue weighted by atomic mass is 10.2. The molecule has 1 amide bonds. The average Bonchev–Trinajstić information content (AvgIpc) is 2.36. The Morgan fingerprint density at radius 3 is 2.67 bits per heavy atom. The van der Waals surface area contributed by atoms with Crippen molar-refractivity contribution in [1.82, 2.24) is 9.97 Å². The van der Waals surface area contributed by atoms with Crippen LogP contribution in [0.2, 0.25) is 0 Å². The van der Waals surface area contributed by atoms with Crippen LogP contribution in [0.15, 0.2) is 30.6 Å². The first-order valence-electron chi connectivity index (χ1n) is 5.44. The summed E-state index contributed by atoms with van der Waals surface area (Å²) in [4.78, 5) is 19.5. The largest absolute Gasteiger partial charge is 0.326 e. The van der Waals surface area contributed by atoms with E-state index in [1.807, 2.05) is 0 Å². The van der Waals surface area contributed by atoms with Gasteiger partial charge in [0.05, 0.1) is 11.0 Å². The van der Waals surface area contributed by atoms with Crippen molar-refractivity contribution < 1.29 is 13.6 Å². The highest BCUT2D eigenvalue weighted by Gasteiger charge is 2.08. The Labute approximate surface area is 102 Å². The molecule has 0 aliphatic rings. The molecule has 0 saturated carbocycles. The highest BCUT2D eigenvalue weighted by molar-refractivity contribution is 5.92. The van der Waals surface area contributed by atoms with Crippen LogP contribution in [0.25, 0.3) is 11.0 Å². The number of nitrogens with one attached hydrogen (secondary N) is 1. The molecule has 18 heavy (non-hydrogen) atoms. The Morgan fingerprint density at radius 2 is 1.94 bits per heavy atom. The summed E-state index contributed by atoms with van der Waals surface area (Å²) in [5, 5.41) is 2.55. The summed E-state index contributed by atoms with van der Waals surface area (Å²) in [6, 6.07) is 5.03. The van der Waals surface area contributed by atoms with E-state index >= 15 is 0 Å². The van der Waals surface area contributed by atoms with Crippen LogP contribution in [0.5, 0.6) is 0 Å². The predicted octanol–water partition coefficient (Wildman–Crippen LogP) is 2.61. The van der Waals surface area contributed by atoms with Crippen LogP contribution in [0.4, 0.5) is 14.5 Å². The number of nitrogens with zero attached hydrogens (tertiary/aromatic N) is 2. The molecule has 1 aromatic heterocycles. The van der Waals surface area contributed by atoms with Gasteiger partial charge < -0.3 is 5.32 Å². The minimum Gasteiger partial charge on any atom is -0.326 e. The van der Waals surface area contributed by atoms with Gasteiger partial charge in [0.25, 0.3) is 0 Å². The maximum Gasteiger partial charge on any atom is 0.239 e. The van der Waals surface area contributed by atoms with Crippen LogP contribution in [0.1, 0.15) is 12.8 Å². The first-order chi connectivity index (χ1) is 8.65. The van der Waals surface area contributed by atoms with Crippen LogP contribution in [0.3, 0.4) is 0 Å². The molecule has 2 aromatic rings. The summed E-state index contributed by atoms with van der Waals surface area (Å²) in [7, 11) is 0. The maximum absolute atomic E-state index is 11.9. The number of rotatable bonds is 4. The summed E-state index contributed by atoms with van der Waals surface area (Å²) in [6.45, 7) is 0. The van der Waals surface area contributed by atoms with E-state index in [9.17, 15) is 13.6 Å². The van der Waals surface area contributed by atoms with E-state index in [0.29, 0.717) is 16.7 Å². The number of alkyl halides is 2. The summed E-state index contributed by atoms with van der Waals surface area (Å²) >= 11 is 0. The van der Waals surface area contributed by atoms with Gasteiger partial charge in [0.2, 0.25) is 12.3 Å². The normalized spacial score (nSPS) is 10.8. The van der Waals surface area contributed by atoms with Crippen molar-refractivity contribution in [2.45, 2.75) is 19.3 Å². The number of hydrogen-bond donors (Lipinski definition) is 1. The van der Waals surface area contributed by atoms with Crippen molar-refractivity contribution in [3.63, 3.8) is 0 Å². The quantitative estimate of drug-likeness (QED) is 0.908. The van der Waals surface area contributed by atoms with Crippen LogP contribution < -0.4 is 5.32 Å². The van der Waals surface area contributed by atoms with Crippen LogP contribution in [0, 0.1) is 0 Å². The lowest BCUT2D eigenvalue weighted by Gasteiger charge is -2.05. The van der Waals surface area contributed by atoms with Gasteiger partial charge in [-0.1, -0.05) is 0 Å². The maximum atomic E-state index is 11.9. The number of carbonyl (C=O) groups is 1. The Morgan fingerprint density at radius 1 is 1.22 bits per heavy atom. The summed E-state index contributed by atoms with van der Waals surface area (Å²) < 4.78 is 23.9. The predicted molar refractivity (Wildman–Crippen MR) is 63.4 cm³/mol. The fraction of sp³-hybridized carbons (Fsp3) is 0.250. The molecule has 0 aliphatic heterocycles. The van der Waals surface area contributed by atoms with E-state index in [0.717, 1.165) is 0 Å². The Bertz CT molecular complexity index is 560. The highest BCUT2D eigenvalue weighted by Crippen LogP contribution is 2.15. The third-order valence-corrected chi connectivity index (χ3v) is 2.34. The van der Waals surface area contributed by atoms with Gasteiger partial charge in [-0.2, -0.15) is 0 Å². The lowest BCUT2D eigenvalue weighted by molar-refractivity contribution is -0.116. The molecule has 0 spiro atoms. The van der Waals surface area contributed by atoms with Crippen molar-refractivity contribution >= 4 is 22.6 Å². The smallest absolute Gasteiger partial charge is 0.239 e. The number of amides is 1. The second kappa shape index (κ2) is 5.48. The fourth-order valence-corrected chi connectivity index (χ4v) is 1.50. The van der Waals surface area contributed by atoms with Gasteiger partial charge in [-0.25, -0.2) is 8.78 Å². The molecule has 1 heterocycles. The Hall–Kier alpha value is -2.11. The molecule has 94 valence electrons. The number of carbonyl (C=O) groups excluding carboxylic acids is 1. The van der Waals surface area contributed by atoms with Gasteiger partial charge in [0, 0.05) is 30.9 Å². The molecule has 1 aromatic carbocycles. The third kappa shape index (κ3) is 3.19. The van der Waals surface area contributed by atoms with Gasteiger partial charge in [0.15, 0.2) is 0 Å².